The van der Waals surface area contributed by atoms with Crippen molar-refractivity contribution in [1.29, 1.82) is 0 Å². The minimum Gasteiger partial charge on any atom is -0.366 e. The number of ether oxygens (including phenoxy) is 1. The van der Waals surface area contributed by atoms with Crippen molar-refractivity contribution in [2.75, 3.05) is 32.8 Å². The third-order valence-electron chi connectivity index (χ3n) is 6.55. The number of nitrogens with one attached hydrogen (secondary N) is 1. The third-order valence-corrected chi connectivity index (χ3v) is 6.55. The first-order valence-corrected chi connectivity index (χ1v) is 10.1. The Kier molecular flexibility index (Phi) is 4.46. The molecule has 5 rings (SSSR count). The molecule has 0 aromatic carbocycles. The van der Waals surface area contributed by atoms with Crippen molar-refractivity contribution in [2.45, 2.75) is 44.0 Å². The summed E-state index contributed by atoms with van der Waals surface area (Å²) < 4.78 is 47.9. The largest absolute Gasteiger partial charge is 0.455 e. The van der Waals surface area contributed by atoms with Crippen molar-refractivity contribution in [3.8, 4) is 0 Å². The number of hydrogen-bond acceptors (Lipinski definition) is 6. The lowest BCUT2D eigenvalue weighted by Crippen LogP contribution is -2.68. The molecule has 2 atom stereocenters. The molecule has 1 N–H and O–H groups in total. The van der Waals surface area contributed by atoms with Gasteiger partial charge in [-0.15, -0.1) is 0 Å². The number of likely N-dealkylation sites (tertiary alicyclic amines) is 2. The lowest BCUT2D eigenvalue weighted by Gasteiger charge is -2.59. The number of morpholine rings is 1. The van der Waals surface area contributed by atoms with Gasteiger partial charge in [-0.25, -0.2) is 4.79 Å². The quantitative estimate of drug-likeness (QED) is 0.755. The second-order valence-corrected chi connectivity index (χ2v) is 8.88. The highest BCUT2D eigenvalue weighted by atomic mass is 19.4. The van der Waals surface area contributed by atoms with Crippen molar-refractivity contribution in [3.05, 3.63) is 11.7 Å². The number of fused-ring (bicyclic) bond motifs is 1. The summed E-state index contributed by atoms with van der Waals surface area (Å²) in [5.41, 5.74) is 0.0493. The van der Waals surface area contributed by atoms with E-state index in [1.807, 2.05) is 0 Å². The van der Waals surface area contributed by atoms with Crippen LogP contribution in [0.2, 0.25) is 0 Å². The van der Waals surface area contributed by atoms with Crippen molar-refractivity contribution in [1.82, 2.24) is 25.3 Å². The van der Waals surface area contributed by atoms with E-state index in [0.717, 1.165) is 12.8 Å². The Balaban J connectivity index is 1.08. The van der Waals surface area contributed by atoms with Gasteiger partial charge in [0, 0.05) is 38.0 Å². The molecule has 30 heavy (non-hydrogen) atoms. The number of nitrogens with zero attached hydrogens (tertiary/aromatic N) is 4. The van der Waals surface area contributed by atoms with Gasteiger partial charge in [-0.3, -0.25) is 4.79 Å². The molecule has 164 valence electrons. The zero-order chi connectivity index (χ0) is 21.1. The van der Waals surface area contributed by atoms with Gasteiger partial charge in [0.25, 0.3) is 5.82 Å². The fourth-order valence-corrected chi connectivity index (χ4v) is 5.24. The van der Waals surface area contributed by atoms with Gasteiger partial charge in [-0.05, 0) is 25.2 Å². The molecule has 0 radical (unpaired) electrons. The number of amides is 3. The molecule has 3 aliphatic heterocycles. The summed E-state index contributed by atoms with van der Waals surface area (Å²) in [7, 11) is 0. The van der Waals surface area contributed by atoms with Crippen molar-refractivity contribution in [2.24, 2.45) is 11.3 Å². The number of halogens is 3. The van der Waals surface area contributed by atoms with Gasteiger partial charge in [0.15, 0.2) is 0 Å². The predicted molar refractivity (Wildman–Crippen MR) is 93.0 cm³/mol. The number of rotatable bonds is 2. The van der Waals surface area contributed by atoms with Gasteiger partial charge in [-0.1, -0.05) is 5.16 Å². The predicted octanol–water partition coefficient (Wildman–Crippen LogP) is 1.05. The Morgan fingerprint density at radius 2 is 2.03 bits per heavy atom. The molecule has 9 nitrogen and oxygen atoms in total. The Morgan fingerprint density at radius 1 is 1.27 bits per heavy atom. The van der Waals surface area contributed by atoms with Gasteiger partial charge in [0.05, 0.1) is 12.1 Å². The lowest BCUT2D eigenvalue weighted by atomic mass is 9.57. The van der Waals surface area contributed by atoms with Gasteiger partial charge in [0.2, 0.25) is 11.8 Å². The van der Waals surface area contributed by atoms with Gasteiger partial charge in [0.1, 0.15) is 6.61 Å². The van der Waals surface area contributed by atoms with Crippen LogP contribution in [0.25, 0.3) is 0 Å². The van der Waals surface area contributed by atoms with E-state index in [4.69, 9.17) is 9.26 Å². The van der Waals surface area contributed by atoms with E-state index < -0.39 is 12.0 Å². The number of alkyl halides is 3. The van der Waals surface area contributed by atoms with Crippen LogP contribution in [-0.2, 0) is 22.1 Å². The molecule has 1 aliphatic carbocycles. The molecule has 1 saturated carbocycles. The summed E-state index contributed by atoms with van der Waals surface area (Å²) in [6.07, 6.45) is -1.96. The molecule has 0 bridgehead atoms. The minimum absolute atomic E-state index is 0.00838. The highest BCUT2D eigenvalue weighted by Crippen LogP contribution is 2.53. The van der Waals surface area contributed by atoms with E-state index >= 15 is 0 Å². The summed E-state index contributed by atoms with van der Waals surface area (Å²) in [5.74, 6) is -1.20. The molecule has 4 aliphatic rings. The summed E-state index contributed by atoms with van der Waals surface area (Å²) in [6.45, 7) is 2.41. The molecule has 3 saturated heterocycles. The van der Waals surface area contributed by atoms with Crippen molar-refractivity contribution in [3.63, 3.8) is 0 Å². The van der Waals surface area contributed by atoms with E-state index in [1.54, 1.807) is 9.80 Å². The Bertz CT molecular complexity index is 845. The van der Waals surface area contributed by atoms with Crippen LogP contribution in [0.5, 0.6) is 0 Å². The second kappa shape index (κ2) is 6.82. The average Bonchev–Trinajstić information content (AvgIpc) is 3.10. The summed E-state index contributed by atoms with van der Waals surface area (Å²) in [6, 6.07) is -0.197. The summed E-state index contributed by atoms with van der Waals surface area (Å²) in [4.78, 5) is 31.3. The van der Waals surface area contributed by atoms with Crippen LogP contribution in [0.3, 0.4) is 0 Å². The van der Waals surface area contributed by atoms with Crippen molar-refractivity contribution < 1.29 is 32.0 Å². The summed E-state index contributed by atoms with van der Waals surface area (Å²) >= 11 is 0. The smallest absolute Gasteiger partial charge is 0.366 e. The van der Waals surface area contributed by atoms with Crippen LogP contribution in [0, 0.1) is 11.3 Å². The third kappa shape index (κ3) is 3.50. The number of carbonyl (C=O) groups excluding carboxylic acids is 2. The van der Waals surface area contributed by atoms with Crippen molar-refractivity contribution >= 4 is 11.9 Å². The van der Waals surface area contributed by atoms with E-state index in [1.165, 1.54) is 0 Å². The normalized spacial score (nSPS) is 28.6. The molecular formula is C18H22F3N5O4. The van der Waals surface area contributed by atoms with Gasteiger partial charge < -0.3 is 24.4 Å². The van der Waals surface area contributed by atoms with Crippen LogP contribution in [0.4, 0.5) is 18.0 Å². The first-order valence-electron chi connectivity index (χ1n) is 10.1. The van der Waals surface area contributed by atoms with E-state index in [0.29, 0.717) is 39.0 Å². The number of aromatic nitrogens is 2. The zero-order valence-electron chi connectivity index (χ0n) is 16.2. The van der Waals surface area contributed by atoms with Gasteiger partial charge in [-0.2, -0.15) is 18.2 Å². The minimum atomic E-state index is -4.60. The maximum atomic E-state index is 12.8. The molecule has 4 heterocycles. The number of carbonyl (C=O) groups is 2. The monoisotopic (exact) mass is 429 g/mol. The van der Waals surface area contributed by atoms with Crippen LogP contribution < -0.4 is 5.32 Å². The molecular weight excluding hydrogens is 407 g/mol. The first-order chi connectivity index (χ1) is 14.2. The SMILES string of the molecule is O=C1CO[C@H]2CCN(C(=O)N3CC4(CC(Cc5nc(C(F)(F)F)no5)C4)C3)C[C@H]2N1. The van der Waals surface area contributed by atoms with Gasteiger partial charge >= 0.3 is 12.2 Å². The van der Waals surface area contributed by atoms with E-state index in [9.17, 15) is 22.8 Å². The summed E-state index contributed by atoms with van der Waals surface area (Å²) in [5, 5.41) is 5.88. The number of urea groups is 1. The highest BCUT2D eigenvalue weighted by molar-refractivity contribution is 5.79. The van der Waals surface area contributed by atoms with Crippen LogP contribution in [0.15, 0.2) is 4.52 Å². The molecule has 12 heteroatoms. The fraction of sp³-hybridized carbons (Fsp3) is 0.778. The average molecular weight is 429 g/mol. The Hall–Kier alpha value is -2.37. The van der Waals surface area contributed by atoms with Crippen LogP contribution >= 0.6 is 0 Å². The second-order valence-electron chi connectivity index (χ2n) is 8.88. The highest BCUT2D eigenvalue weighted by Gasteiger charge is 2.54. The zero-order valence-corrected chi connectivity index (χ0v) is 16.2. The molecule has 3 amide bonds. The van der Waals surface area contributed by atoms with Crippen LogP contribution in [0.1, 0.15) is 31.0 Å². The van der Waals surface area contributed by atoms with Crippen LogP contribution in [-0.4, -0.2) is 76.8 Å². The maximum Gasteiger partial charge on any atom is 0.455 e. The Morgan fingerprint density at radius 3 is 2.73 bits per heavy atom. The first kappa shape index (κ1) is 19.6. The number of hydrogen-bond donors (Lipinski definition) is 1. The van der Waals surface area contributed by atoms with E-state index in [2.05, 4.69) is 15.5 Å². The maximum absolute atomic E-state index is 12.8. The molecule has 1 aromatic rings. The Labute approximate surface area is 169 Å². The van der Waals surface area contributed by atoms with E-state index in [-0.39, 0.29) is 47.9 Å². The topological polar surface area (TPSA) is 101 Å². The molecule has 1 spiro atoms. The molecule has 0 unspecified atom stereocenters. The lowest BCUT2D eigenvalue weighted by molar-refractivity contribution is -0.146. The fourth-order valence-electron chi connectivity index (χ4n) is 5.24. The standard InChI is InChI=1S/C18H22F3N5O4/c19-18(20,21)15-23-14(30-24-15)3-10-4-17(5-10)8-26(9-17)16(28)25-2-1-12-11(6-25)22-13(27)7-29-12/h10-12H,1-9H2,(H,22,27)/t11-,12+/m1/s1. The number of piperidine rings is 1. The molecule has 4 fully saturated rings. The molecule has 1 aromatic heterocycles.